The van der Waals surface area contributed by atoms with Crippen LogP contribution < -0.4 is 9.47 Å². The van der Waals surface area contributed by atoms with E-state index in [2.05, 4.69) is 4.98 Å². The average Bonchev–Trinajstić information content (AvgIpc) is 2.28. The molecular formula is C13H14FNO2. The normalized spacial score (nSPS) is 10.9. The molecule has 0 aliphatic rings. The van der Waals surface area contributed by atoms with E-state index in [9.17, 15) is 4.39 Å². The van der Waals surface area contributed by atoms with Crippen molar-refractivity contribution in [3.63, 3.8) is 0 Å². The van der Waals surface area contributed by atoms with Gasteiger partial charge in [-0.1, -0.05) is 0 Å². The molecule has 0 radical (unpaired) electrons. The van der Waals surface area contributed by atoms with E-state index in [4.69, 9.17) is 9.47 Å². The summed E-state index contributed by atoms with van der Waals surface area (Å²) < 4.78 is 24.1. The Bertz CT molecular complexity index is 540. The van der Waals surface area contributed by atoms with Crippen LogP contribution in [0.3, 0.4) is 0 Å². The Hall–Kier alpha value is -1.84. The summed E-state index contributed by atoms with van der Waals surface area (Å²) in [5.74, 6) is 0.250. The highest BCUT2D eigenvalue weighted by Gasteiger charge is 2.10. The van der Waals surface area contributed by atoms with Gasteiger partial charge in [-0.05, 0) is 37.4 Å². The van der Waals surface area contributed by atoms with Crippen LogP contribution in [-0.2, 0) is 0 Å². The molecule has 0 unspecified atom stereocenters. The highest BCUT2D eigenvalue weighted by Crippen LogP contribution is 2.29. The number of rotatable bonds is 3. The second-order valence-electron chi connectivity index (χ2n) is 3.99. The second kappa shape index (κ2) is 4.57. The number of ether oxygens (including phenoxy) is 2. The van der Waals surface area contributed by atoms with E-state index in [1.54, 1.807) is 18.3 Å². The Labute approximate surface area is 99.2 Å². The van der Waals surface area contributed by atoms with Crippen LogP contribution in [0.4, 0.5) is 4.39 Å². The lowest BCUT2D eigenvalue weighted by Crippen LogP contribution is -2.07. The number of nitrogens with zero attached hydrogens (tertiary/aromatic N) is 1. The molecule has 17 heavy (non-hydrogen) atoms. The Kier molecular flexibility index (Phi) is 3.13. The maximum atomic E-state index is 13.6. The van der Waals surface area contributed by atoms with Gasteiger partial charge in [0.1, 0.15) is 0 Å². The van der Waals surface area contributed by atoms with Crippen molar-refractivity contribution < 1.29 is 13.9 Å². The van der Waals surface area contributed by atoms with Crippen LogP contribution in [0.2, 0.25) is 0 Å². The maximum Gasteiger partial charge on any atom is 0.221 e. The number of fused-ring (bicyclic) bond motifs is 1. The topological polar surface area (TPSA) is 31.4 Å². The van der Waals surface area contributed by atoms with Gasteiger partial charge in [0, 0.05) is 11.6 Å². The number of aromatic nitrogens is 1. The molecule has 1 heterocycles. The zero-order valence-electron chi connectivity index (χ0n) is 10.0. The summed E-state index contributed by atoms with van der Waals surface area (Å²) in [6, 6.07) is 4.82. The number of hydrogen-bond donors (Lipinski definition) is 0. The molecule has 4 heteroatoms. The first-order valence-electron chi connectivity index (χ1n) is 5.40. The molecule has 0 fully saturated rings. The summed E-state index contributed by atoms with van der Waals surface area (Å²) in [5.41, 5.74) is 0. The zero-order valence-corrected chi connectivity index (χ0v) is 10.0. The Morgan fingerprint density at radius 3 is 2.71 bits per heavy atom. The number of methoxy groups -OCH3 is 1. The molecule has 1 aromatic heterocycles. The van der Waals surface area contributed by atoms with Crippen molar-refractivity contribution in [2.24, 2.45) is 0 Å². The second-order valence-corrected chi connectivity index (χ2v) is 3.99. The number of pyridine rings is 1. The summed E-state index contributed by atoms with van der Waals surface area (Å²) in [7, 11) is 1.44. The summed E-state index contributed by atoms with van der Waals surface area (Å²) in [6.45, 7) is 3.81. The van der Waals surface area contributed by atoms with Gasteiger partial charge in [-0.3, -0.25) is 0 Å². The fourth-order valence-corrected chi connectivity index (χ4v) is 1.62. The standard InChI is InChI=1S/C13H14FNO2/c1-8(2)17-13-10-7-11(14)12(16-3)6-9(10)4-5-15-13/h4-8H,1-3H3. The molecular weight excluding hydrogens is 221 g/mol. The fraction of sp³-hybridized carbons (Fsp3) is 0.308. The molecule has 3 nitrogen and oxygen atoms in total. The van der Waals surface area contributed by atoms with E-state index in [1.807, 2.05) is 13.8 Å². The third-order valence-corrected chi connectivity index (χ3v) is 2.35. The molecule has 90 valence electrons. The predicted molar refractivity (Wildman–Crippen MR) is 64.0 cm³/mol. The van der Waals surface area contributed by atoms with E-state index in [1.165, 1.54) is 13.2 Å². The monoisotopic (exact) mass is 235 g/mol. The minimum Gasteiger partial charge on any atom is -0.494 e. The van der Waals surface area contributed by atoms with Crippen molar-refractivity contribution in [2.45, 2.75) is 20.0 Å². The molecule has 0 aliphatic carbocycles. The fourth-order valence-electron chi connectivity index (χ4n) is 1.62. The number of benzene rings is 1. The van der Waals surface area contributed by atoms with E-state index in [0.29, 0.717) is 11.3 Å². The first kappa shape index (κ1) is 11.6. The first-order chi connectivity index (χ1) is 8.11. The number of hydrogen-bond acceptors (Lipinski definition) is 3. The Morgan fingerprint density at radius 2 is 2.06 bits per heavy atom. The zero-order chi connectivity index (χ0) is 12.4. The van der Waals surface area contributed by atoms with Crippen LogP contribution in [0.15, 0.2) is 24.4 Å². The molecule has 0 aliphatic heterocycles. The quantitative estimate of drug-likeness (QED) is 0.818. The van der Waals surface area contributed by atoms with Gasteiger partial charge in [-0.2, -0.15) is 0 Å². The molecule has 0 atom stereocenters. The maximum absolute atomic E-state index is 13.6. The van der Waals surface area contributed by atoms with Gasteiger partial charge in [-0.15, -0.1) is 0 Å². The van der Waals surface area contributed by atoms with Gasteiger partial charge in [0.2, 0.25) is 5.88 Å². The minimum absolute atomic E-state index is 0.00161. The SMILES string of the molecule is COc1cc2ccnc(OC(C)C)c2cc1F. The minimum atomic E-state index is -0.415. The van der Waals surface area contributed by atoms with Crippen molar-refractivity contribution >= 4 is 10.8 Å². The van der Waals surface area contributed by atoms with Gasteiger partial charge in [0.25, 0.3) is 0 Å². The van der Waals surface area contributed by atoms with Crippen molar-refractivity contribution in [3.8, 4) is 11.6 Å². The number of halogens is 1. The van der Waals surface area contributed by atoms with Gasteiger partial charge >= 0.3 is 0 Å². The van der Waals surface area contributed by atoms with Crippen LogP contribution in [0.25, 0.3) is 10.8 Å². The van der Waals surface area contributed by atoms with Crippen LogP contribution in [0, 0.1) is 5.82 Å². The summed E-state index contributed by atoms with van der Waals surface area (Å²) in [5, 5.41) is 1.49. The van der Waals surface area contributed by atoms with Crippen molar-refractivity contribution in [2.75, 3.05) is 7.11 Å². The van der Waals surface area contributed by atoms with E-state index >= 15 is 0 Å². The third kappa shape index (κ3) is 2.30. The predicted octanol–water partition coefficient (Wildman–Crippen LogP) is 3.17. The molecule has 1 aromatic carbocycles. The van der Waals surface area contributed by atoms with Crippen LogP contribution >= 0.6 is 0 Å². The molecule has 0 saturated carbocycles. The molecule has 2 aromatic rings. The van der Waals surface area contributed by atoms with Crippen molar-refractivity contribution in [1.82, 2.24) is 4.98 Å². The molecule has 0 bridgehead atoms. The van der Waals surface area contributed by atoms with E-state index < -0.39 is 5.82 Å². The summed E-state index contributed by atoms with van der Waals surface area (Å²) >= 11 is 0. The highest BCUT2D eigenvalue weighted by molar-refractivity contribution is 5.88. The average molecular weight is 235 g/mol. The molecule has 0 saturated heterocycles. The van der Waals surface area contributed by atoms with Gasteiger partial charge in [0.15, 0.2) is 11.6 Å². The van der Waals surface area contributed by atoms with Crippen molar-refractivity contribution in [1.29, 1.82) is 0 Å². The molecule has 2 rings (SSSR count). The lowest BCUT2D eigenvalue weighted by Gasteiger charge is -2.11. The molecule has 0 spiro atoms. The largest absolute Gasteiger partial charge is 0.494 e. The highest BCUT2D eigenvalue weighted by atomic mass is 19.1. The summed E-state index contributed by atoms with van der Waals surface area (Å²) in [4.78, 5) is 4.11. The Balaban J connectivity index is 2.60. The van der Waals surface area contributed by atoms with Gasteiger partial charge < -0.3 is 9.47 Å². The summed E-state index contributed by atoms with van der Waals surface area (Å²) in [6.07, 6.45) is 1.63. The third-order valence-electron chi connectivity index (χ3n) is 2.35. The van der Waals surface area contributed by atoms with Crippen LogP contribution in [0.5, 0.6) is 11.6 Å². The van der Waals surface area contributed by atoms with Crippen LogP contribution in [-0.4, -0.2) is 18.2 Å². The van der Waals surface area contributed by atoms with Crippen LogP contribution in [0.1, 0.15) is 13.8 Å². The molecule has 0 N–H and O–H groups in total. The van der Waals surface area contributed by atoms with E-state index in [-0.39, 0.29) is 11.9 Å². The lowest BCUT2D eigenvalue weighted by molar-refractivity contribution is 0.236. The Morgan fingerprint density at radius 1 is 1.29 bits per heavy atom. The van der Waals surface area contributed by atoms with Gasteiger partial charge in [0.05, 0.1) is 13.2 Å². The van der Waals surface area contributed by atoms with Gasteiger partial charge in [-0.25, -0.2) is 9.37 Å². The van der Waals surface area contributed by atoms with E-state index in [0.717, 1.165) is 5.39 Å². The van der Waals surface area contributed by atoms with Crippen molar-refractivity contribution in [3.05, 3.63) is 30.2 Å². The lowest BCUT2D eigenvalue weighted by atomic mass is 10.1. The molecule has 0 amide bonds. The smallest absolute Gasteiger partial charge is 0.221 e. The first-order valence-corrected chi connectivity index (χ1v) is 5.40.